The highest BCUT2D eigenvalue weighted by Gasteiger charge is 2.17. The van der Waals surface area contributed by atoms with E-state index in [0.717, 1.165) is 6.26 Å². The summed E-state index contributed by atoms with van der Waals surface area (Å²) in [7, 11) is -1.99. The molecule has 1 aromatic heterocycles. The van der Waals surface area contributed by atoms with Gasteiger partial charge in [0.15, 0.2) is 0 Å². The van der Waals surface area contributed by atoms with Gasteiger partial charge in [0, 0.05) is 24.4 Å². The predicted molar refractivity (Wildman–Crippen MR) is 66.2 cm³/mol. The van der Waals surface area contributed by atoms with E-state index in [0.29, 0.717) is 11.1 Å². The van der Waals surface area contributed by atoms with Gasteiger partial charge in [0.1, 0.15) is 0 Å². The van der Waals surface area contributed by atoms with Gasteiger partial charge in [0.2, 0.25) is 15.7 Å². The molecule has 1 N–H and O–H groups in total. The van der Waals surface area contributed by atoms with Gasteiger partial charge in [-0.3, -0.25) is 4.79 Å². The third-order valence-corrected chi connectivity index (χ3v) is 3.14. The Kier molecular flexibility index (Phi) is 3.34. The van der Waals surface area contributed by atoms with Crippen LogP contribution in [-0.4, -0.2) is 37.8 Å². The second kappa shape index (κ2) is 4.81. The summed E-state index contributed by atoms with van der Waals surface area (Å²) in [5.74, 6) is -0.127. The molecule has 0 saturated heterocycles. The van der Waals surface area contributed by atoms with Crippen LogP contribution < -0.4 is 5.32 Å². The fourth-order valence-corrected chi connectivity index (χ4v) is 1.80. The normalized spacial score (nSPS) is 11.3. The van der Waals surface area contributed by atoms with Crippen LogP contribution in [0.2, 0.25) is 0 Å². The van der Waals surface area contributed by atoms with Gasteiger partial charge in [-0.05, 0) is 24.3 Å². The van der Waals surface area contributed by atoms with Crippen LogP contribution in [0.3, 0.4) is 0 Å². The summed E-state index contributed by atoms with van der Waals surface area (Å²) in [4.78, 5) is 11.4. The largest absolute Gasteiger partial charge is 0.408 e. The molecule has 0 aliphatic rings. The number of nitrogens with zero attached hydrogens (tertiary/aromatic N) is 2. The van der Waals surface area contributed by atoms with Crippen molar-refractivity contribution in [1.82, 2.24) is 15.5 Å². The molecule has 1 amide bonds. The monoisotopic (exact) mass is 281 g/mol. The predicted octanol–water partition coefficient (Wildman–Crippen LogP) is 0.500. The number of hydrogen-bond acceptors (Lipinski definition) is 6. The lowest BCUT2D eigenvalue weighted by atomic mass is 10.1. The Balaban J connectivity index is 2.33. The Bertz CT molecular complexity index is 704. The van der Waals surface area contributed by atoms with Gasteiger partial charge in [-0.15, -0.1) is 5.10 Å². The number of aromatic nitrogens is 2. The van der Waals surface area contributed by atoms with Crippen molar-refractivity contribution >= 4 is 15.7 Å². The summed E-state index contributed by atoms with van der Waals surface area (Å²) in [5.41, 5.74) is 1.02. The molecule has 0 radical (unpaired) electrons. The van der Waals surface area contributed by atoms with Crippen LogP contribution in [0.15, 0.2) is 33.9 Å². The van der Waals surface area contributed by atoms with Crippen LogP contribution in [-0.2, 0) is 9.84 Å². The third kappa shape index (κ3) is 2.79. The maximum atomic E-state index is 11.4. The molecule has 0 aliphatic carbocycles. The lowest BCUT2D eigenvalue weighted by Gasteiger charge is -1.99. The zero-order valence-corrected chi connectivity index (χ0v) is 11.1. The Labute approximate surface area is 109 Å². The highest BCUT2D eigenvalue weighted by atomic mass is 32.2. The van der Waals surface area contributed by atoms with Crippen LogP contribution in [0.25, 0.3) is 11.5 Å². The SMILES string of the molecule is CNC(=O)c1ccc(-c2nnc(S(C)(=O)=O)o2)cc1. The molecular formula is C11H11N3O4S. The quantitative estimate of drug-likeness (QED) is 0.878. The van der Waals surface area contributed by atoms with E-state index in [1.807, 2.05) is 0 Å². The average molecular weight is 281 g/mol. The molecule has 0 bridgehead atoms. The summed E-state index contributed by atoms with van der Waals surface area (Å²) >= 11 is 0. The van der Waals surface area contributed by atoms with Gasteiger partial charge in [0.25, 0.3) is 5.91 Å². The second-order valence-electron chi connectivity index (χ2n) is 3.80. The Hall–Kier alpha value is -2.22. The molecule has 1 aromatic carbocycles. The van der Waals surface area contributed by atoms with Crippen molar-refractivity contribution in [3.05, 3.63) is 29.8 Å². The number of carbonyl (C=O) groups is 1. The van der Waals surface area contributed by atoms with Crippen LogP contribution in [0.1, 0.15) is 10.4 Å². The number of nitrogens with one attached hydrogen (secondary N) is 1. The number of amides is 1. The van der Waals surface area contributed by atoms with Gasteiger partial charge in [-0.25, -0.2) is 8.42 Å². The Morgan fingerprint density at radius 3 is 2.32 bits per heavy atom. The molecule has 7 nitrogen and oxygen atoms in total. The lowest BCUT2D eigenvalue weighted by Crippen LogP contribution is -2.17. The summed E-state index contributed by atoms with van der Waals surface area (Å²) in [6.07, 6.45) is 0.985. The molecule has 2 rings (SSSR count). The average Bonchev–Trinajstić information content (AvgIpc) is 2.87. The van der Waals surface area contributed by atoms with Crippen LogP contribution in [0, 0.1) is 0 Å². The van der Waals surface area contributed by atoms with Crippen molar-refractivity contribution in [3.63, 3.8) is 0 Å². The molecule has 0 saturated carbocycles. The van der Waals surface area contributed by atoms with Gasteiger partial charge >= 0.3 is 5.22 Å². The molecule has 0 atom stereocenters. The molecular weight excluding hydrogens is 270 g/mol. The van der Waals surface area contributed by atoms with E-state index in [1.54, 1.807) is 24.3 Å². The van der Waals surface area contributed by atoms with E-state index in [9.17, 15) is 13.2 Å². The highest BCUT2D eigenvalue weighted by Crippen LogP contribution is 2.20. The molecule has 0 fully saturated rings. The third-order valence-electron chi connectivity index (χ3n) is 2.34. The van der Waals surface area contributed by atoms with E-state index < -0.39 is 15.1 Å². The molecule has 0 unspecified atom stereocenters. The fourth-order valence-electron chi connectivity index (χ4n) is 1.38. The maximum absolute atomic E-state index is 11.4. The van der Waals surface area contributed by atoms with Gasteiger partial charge in [-0.2, -0.15) is 0 Å². The van der Waals surface area contributed by atoms with E-state index in [2.05, 4.69) is 15.5 Å². The Morgan fingerprint density at radius 2 is 1.84 bits per heavy atom. The van der Waals surface area contributed by atoms with Gasteiger partial charge < -0.3 is 9.73 Å². The minimum absolute atomic E-state index is 0.0869. The molecule has 0 spiro atoms. The zero-order valence-electron chi connectivity index (χ0n) is 10.2. The van der Waals surface area contributed by atoms with Crippen LogP contribution in [0.4, 0.5) is 0 Å². The van der Waals surface area contributed by atoms with E-state index in [4.69, 9.17) is 4.42 Å². The molecule has 0 aliphatic heterocycles. The van der Waals surface area contributed by atoms with Crippen molar-refractivity contribution in [2.24, 2.45) is 0 Å². The molecule has 2 aromatic rings. The van der Waals surface area contributed by atoms with Crippen LogP contribution in [0.5, 0.6) is 0 Å². The number of sulfone groups is 1. The van der Waals surface area contributed by atoms with Crippen molar-refractivity contribution in [1.29, 1.82) is 0 Å². The standard InChI is InChI=1S/C11H11N3O4S/c1-12-9(15)7-3-5-8(6-4-7)10-13-14-11(18-10)19(2,16)17/h3-6H,1-2H3,(H,12,15). The van der Waals surface area contributed by atoms with Crippen molar-refractivity contribution < 1.29 is 17.6 Å². The fraction of sp³-hybridized carbons (Fsp3) is 0.182. The van der Waals surface area contributed by atoms with Crippen LogP contribution >= 0.6 is 0 Å². The highest BCUT2D eigenvalue weighted by molar-refractivity contribution is 7.90. The zero-order chi connectivity index (χ0) is 14.0. The van der Waals surface area contributed by atoms with E-state index in [1.165, 1.54) is 7.05 Å². The summed E-state index contributed by atoms with van der Waals surface area (Å²) in [6, 6.07) is 6.37. The number of benzene rings is 1. The molecule has 19 heavy (non-hydrogen) atoms. The van der Waals surface area contributed by atoms with Crippen molar-refractivity contribution in [3.8, 4) is 11.5 Å². The first-order valence-electron chi connectivity index (χ1n) is 5.28. The lowest BCUT2D eigenvalue weighted by molar-refractivity contribution is 0.0963. The topological polar surface area (TPSA) is 102 Å². The summed E-state index contributed by atoms with van der Waals surface area (Å²) in [5, 5.41) is 9.17. The molecule has 8 heteroatoms. The molecule has 100 valence electrons. The first-order valence-corrected chi connectivity index (χ1v) is 7.17. The number of carbonyl (C=O) groups excluding carboxylic acids is 1. The second-order valence-corrected chi connectivity index (χ2v) is 5.70. The minimum Gasteiger partial charge on any atom is -0.408 e. The van der Waals surface area contributed by atoms with E-state index >= 15 is 0 Å². The van der Waals surface area contributed by atoms with Gasteiger partial charge in [-0.1, -0.05) is 5.10 Å². The summed E-state index contributed by atoms with van der Waals surface area (Å²) < 4.78 is 27.5. The minimum atomic E-state index is -3.52. The van der Waals surface area contributed by atoms with Gasteiger partial charge in [0.05, 0.1) is 0 Å². The first-order chi connectivity index (χ1) is 8.91. The Morgan fingerprint density at radius 1 is 1.21 bits per heavy atom. The maximum Gasteiger partial charge on any atom is 0.335 e. The number of rotatable bonds is 3. The number of hydrogen-bond donors (Lipinski definition) is 1. The first kappa shape index (κ1) is 13.2. The molecule has 1 heterocycles. The smallest absolute Gasteiger partial charge is 0.335 e. The van der Waals surface area contributed by atoms with E-state index in [-0.39, 0.29) is 11.8 Å². The van der Waals surface area contributed by atoms with Crippen molar-refractivity contribution in [2.75, 3.05) is 13.3 Å². The summed E-state index contributed by atoms with van der Waals surface area (Å²) in [6.45, 7) is 0. The van der Waals surface area contributed by atoms with Crippen molar-refractivity contribution in [2.45, 2.75) is 5.22 Å².